The summed E-state index contributed by atoms with van der Waals surface area (Å²) in [7, 11) is 0. The molecule has 0 bridgehead atoms. The monoisotopic (exact) mass is 520 g/mol. The fraction of sp³-hybridized carbons (Fsp3) is 0.345. The molecule has 202 valence electrons. The lowest BCUT2D eigenvalue weighted by Gasteiger charge is -2.36. The van der Waals surface area contributed by atoms with Gasteiger partial charge in [-0.3, -0.25) is 4.98 Å². The van der Waals surface area contributed by atoms with Gasteiger partial charge in [-0.1, -0.05) is 66.7 Å². The summed E-state index contributed by atoms with van der Waals surface area (Å²) in [6.07, 6.45) is 0.261. The van der Waals surface area contributed by atoms with Crippen LogP contribution < -0.4 is 5.43 Å². The van der Waals surface area contributed by atoms with Crippen molar-refractivity contribution in [3.63, 3.8) is 0 Å². The molecule has 0 aliphatic rings. The minimum atomic E-state index is -0.843. The van der Waals surface area contributed by atoms with Crippen LogP contribution in [0.25, 0.3) is 0 Å². The van der Waals surface area contributed by atoms with Gasteiger partial charge in [-0.15, -0.1) is 5.12 Å². The standard InChI is InChI=1S/C29H36N4O5/c1-29(2,3)38-28(36)33(31-27(35)37-22-24-14-8-5-9-15-24)32(20-25-16-10-11-19-30-25)21-26(34)18-17-23-12-6-4-7-13-23/h4-16,19,26,34H,17-18,20-22H2,1-3H3,(H,31,35)/t26-/m0/s1. The average molecular weight is 521 g/mol. The SMILES string of the molecule is CC(C)(C)OC(=O)N(NC(=O)OCc1ccccc1)N(Cc1ccccn1)C[C@@H](O)CCc1ccccc1. The molecule has 0 spiro atoms. The van der Waals surface area contributed by atoms with Crippen molar-refractivity contribution in [3.05, 3.63) is 102 Å². The minimum absolute atomic E-state index is 0.0226. The van der Waals surface area contributed by atoms with Crippen molar-refractivity contribution >= 4 is 12.2 Å². The highest BCUT2D eigenvalue weighted by Gasteiger charge is 2.31. The van der Waals surface area contributed by atoms with Gasteiger partial charge in [0, 0.05) is 12.7 Å². The van der Waals surface area contributed by atoms with Gasteiger partial charge in [0.25, 0.3) is 0 Å². The first kappa shape index (κ1) is 28.6. The van der Waals surface area contributed by atoms with E-state index in [1.54, 1.807) is 39.1 Å². The first-order valence-corrected chi connectivity index (χ1v) is 12.6. The fourth-order valence-corrected chi connectivity index (χ4v) is 3.59. The molecule has 1 atom stereocenters. The molecule has 0 aliphatic heterocycles. The number of aliphatic hydroxyl groups excluding tert-OH is 1. The number of nitrogens with one attached hydrogen (secondary N) is 1. The number of aliphatic hydroxyl groups is 1. The second-order valence-electron chi connectivity index (χ2n) is 9.81. The molecule has 2 aromatic carbocycles. The van der Waals surface area contributed by atoms with Crippen molar-refractivity contribution in [2.24, 2.45) is 0 Å². The zero-order valence-corrected chi connectivity index (χ0v) is 22.1. The first-order valence-electron chi connectivity index (χ1n) is 12.6. The molecule has 0 unspecified atom stereocenters. The summed E-state index contributed by atoms with van der Waals surface area (Å²) in [5.41, 5.74) is 4.19. The minimum Gasteiger partial charge on any atom is -0.443 e. The molecule has 9 nitrogen and oxygen atoms in total. The van der Waals surface area contributed by atoms with Crippen LogP contribution in [0.1, 0.15) is 44.0 Å². The van der Waals surface area contributed by atoms with E-state index >= 15 is 0 Å². The molecule has 1 aromatic heterocycles. The molecule has 0 aliphatic carbocycles. The maximum atomic E-state index is 13.3. The number of hydrogen-bond acceptors (Lipinski definition) is 7. The Hall–Kier alpha value is -3.95. The number of amides is 2. The van der Waals surface area contributed by atoms with Crippen molar-refractivity contribution in [3.8, 4) is 0 Å². The molecule has 9 heteroatoms. The van der Waals surface area contributed by atoms with E-state index in [-0.39, 0.29) is 19.7 Å². The number of carbonyl (C=O) groups is 2. The smallest absolute Gasteiger partial charge is 0.443 e. The third kappa shape index (κ3) is 10.2. The third-order valence-electron chi connectivity index (χ3n) is 5.36. The lowest BCUT2D eigenvalue weighted by Crippen LogP contribution is -2.58. The third-order valence-corrected chi connectivity index (χ3v) is 5.36. The van der Waals surface area contributed by atoms with Crippen LogP contribution in [0.5, 0.6) is 0 Å². The van der Waals surface area contributed by atoms with Crippen LogP contribution in [-0.2, 0) is 29.0 Å². The van der Waals surface area contributed by atoms with Gasteiger partial charge in [-0.2, -0.15) is 5.01 Å². The number of carbonyl (C=O) groups excluding carboxylic acids is 2. The Morgan fingerprint density at radius 2 is 1.58 bits per heavy atom. The molecular formula is C29H36N4O5. The van der Waals surface area contributed by atoms with Crippen LogP contribution in [0.2, 0.25) is 0 Å². The molecule has 0 saturated carbocycles. The summed E-state index contributed by atoms with van der Waals surface area (Å²) in [6, 6.07) is 24.4. The summed E-state index contributed by atoms with van der Waals surface area (Å²) < 4.78 is 10.9. The second kappa shape index (κ2) is 14.1. The first-order chi connectivity index (χ1) is 18.2. The van der Waals surface area contributed by atoms with Gasteiger partial charge in [-0.25, -0.2) is 15.0 Å². The van der Waals surface area contributed by atoms with Crippen molar-refractivity contribution in [2.75, 3.05) is 6.54 Å². The molecule has 2 N–H and O–H groups in total. The van der Waals surface area contributed by atoms with Crippen molar-refractivity contribution < 1.29 is 24.2 Å². The summed E-state index contributed by atoms with van der Waals surface area (Å²) in [6.45, 7) is 5.37. The number of aryl methyl sites for hydroxylation is 1. The molecule has 1 heterocycles. The number of pyridine rings is 1. The quantitative estimate of drug-likeness (QED) is 0.368. The second-order valence-corrected chi connectivity index (χ2v) is 9.81. The molecule has 38 heavy (non-hydrogen) atoms. The summed E-state index contributed by atoms with van der Waals surface area (Å²) in [4.78, 5) is 30.4. The van der Waals surface area contributed by atoms with E-state index in [0.717, 1.165) is 16.2 Å². The zero-order valence-electron chi connectivity index (χ0n) is 22.1. The highest BCUT2D eigenvalue weighted by molar-refractivity contribution is 5.73. The van der Waals surface area contributed by atoms with Gasteiger partial charge in [0.05, 0.1) is 18.3 Å². The van der Waals surface area contributed by atoms with E-state index in [1.807, 2.05) is 66.7 Å². The van der Waals surface area contributed by atoms with Crippen molar-refractivity contribution in [1.29, 1.82) is 0 Å². The lowest BCUT2D eigenvalue weighted by molar-refractivity contribution is -0.0962. The Labute approximate surface area is 223 Å². The summed E-state index contributed by atoms with van der Waals surface area (Å²) >= 11 is 0. The lowest BCUT2D eigenvalue weighted by atomic mass is 10.1. The van der Waals surface area contributed by atoms with E-state index in [9.17, 15) is 14.7 Å². The Morgan fingerprint density at radius 3 is 2.18 bits per heavy atom. The molecule has 0 saturated heterocycles. The topological polar surface area (TPSA) is 104 Å². The maximum Gasteiger partial charge on any atom is 0.444 e. The summed E-state index contributed by atoms with van der Waals surface area (Å²) in [5.74, 6) is 0. The van der Waals surface area contributed by atoms with Crippen LogP contribution in [0.4, 0.5) is 9.59 Å². The number of hydrogen-bond donors (Lipinski definition) is 2. The number of benzene rings is 2. The Balaban J connectivity index is 1.78. The normalized spacial score (nSPS) is 12.0. The Morgan fingerprint density at radius 1 is 0.947 bits per heavy atom. The van der Waals surface area contributed by atoms with E-state index in [0.29, 0.717) is 18.5 Å². The van der Waals surface area contributed by atoms with Gasteiger partial charge < -0.3 is 14.6 Å². The predicted molar refractivity (Wildman–Crippen MR) is 143 cm³/mol. The van der Waals surface area contributed by atoms with Gasteiger partial charge in [0.2, 0.25) is 0 Å². The maximum absolute atomic E-state index is 13.3. The molecule has 2 amide bonds. The van der Waals surface area contributed by atoms with Crippen LogP contribution in [0, 0.1) is 0 Å². The molecule has 0 radical (unpaired) electrons. The van der Waals surface area contributed by atoms with E-state index in [1.165, 1.54) is 5.01 Å². The van der Waals surface area contributed by atoms with Crippen LogP contribution in [0.3, 0.4) is 0 Å². The van der Waals surface area contributed by atoms with Gasteiger partial charge >= 0.3 is 12.2 Å². The highest BCUT2D eigenvalue weighted by Crippen LogP contribution is 2.15. The number of ether oxygens (including phenoxy) is 2. The number of aromatic nitrogens is 1. The average Bonchev–Trinajstić information content (AvgIpc) is 2.90. The van der Waals surface area contributed by atoms with E-state index in [4.69, 9.17) is 9.47 Å². The molecular weight excluding hydrogens is 484 g/mol. The molecule has 0 fully saturated rings. The Kier molecular flexibility index (Phi) is 10.6. The van der Waals surface area contributed by atoms with Crippen molar-refractivity contribution in [1.82, 2.24) is 20.5 Å². The largest absolute Gasteiger partial charge is 0.444 e. The van der Waals surface area contributed by atoms with Crippen LogP contribution >= 0.6 is 0 Å². The zero-order chi connectivity index (χ0) is 27.4. The van der Waals surface area contributed by atoms with Crippen molar-refractivity contribution in [2.45, 2.75) is 58.5 Å². The molecule has 3 rings (SSSR count). The summed E-state index contributed by atoms with van der Waals surface area (Å²) in [5, 5.41) is 13.4. The van der Waals surface area contributed by atoms with Gasteiger partial charge in [0.15, 0.2) is 0 Å². The Bertz CT molecular complexity index is 1120. The predicted octanol–water partition coefficient (Wildman–Crippen LogP) is 4.87. The van der Waals surface area contributed by atoms with Gasteiger partial charge in [0.1, 0.15) is 12.2 Å². The number of rotatable bonds is 10. The number of nitrogens with zero attached hydrogens (tertiary/aromatic N) is 3. The van der Waals surface area contributed by atoms with E-state index in [2.05, 4.69) is 10.4 Å². The number of hydrazine groups is 2. The highest BCUT2D eigenvalue weighted by atomic mass is 16.6. The van der Waals surface area contributed by atoms with E-state index < -0.39 is 23.9 Å². The van der Waals surface area contributed by atoms with Crippen LogP contribution in [0.15, 0.2) is 85.1 Å². The fourth-order valence-electron chi connectivity index (χ4n) is 3.59. The molecule has 3 aromatic rings. The van der Waals surface area contributed by atoms with Crippen LogP contribution in [-0.4, -0.2) is 50.7 Å². The van der Waals surface area contributed by atoms with Gasteiger partial charge in [-0.05, 0) is 56.9 Å².